The first kappa shape index (κ1) is 21.5. The van der Waals surface area contributed by atoms with Crippen LogP contribution in [0.4, 0.5) is 0 Å². The Morgan fingerprint density at radius 1 is 0.958 bits per heavy atom. The van der Waals surface area contributed by atoms with Gasteiger partial charge >= 0.3 is 0 Å². The number of nitrogens with zero attached hydrogens (tertiary/aromatic N) is 2. The fraction of sp³-hybridized carbons (Fsp3) is 0.889. The van der Waals surface area contributed by atoms with Gasteiger partial charge < -0.3 is 20.1 Å². The van der Waals surface area contributed by atoms with Gasteiger partial charge in [-0.05, 0) is 13.0 Å². The molecule has 0 aromatic rings. The minimum atomic E-state index is 0.523. The largest absolute Gasteiger partial charge is 0.379 e. The van der Waals surface area contributed by atoms with Crippen molar-refractivity contribution in [1.29, 1.82) is 0 Å². The van der Waals surface area contributed by atoms with Crippen molar-refractivity contribution in [1.82, 2.24) is 20.4 Å². The highest BCUT2D eigenvalue weighted by Gasteiger charge is 2.15. The van der Waals surface area contributed by atoms with Crippen LogP contribution in [0.3, 0.4) is 0 Å². The summed E-state index contributed by atoms with van der Waals surface area (Å²) in [4.78, 5) is 4.98. The van der Waals surface area contributed by atoms with Crippen LogP contribution in [0.1, 0.15) is 6.92 Å². The second kappa shape index (κ2) is 14.8. The molecule has 1 aliphatic heterocycles. The van der Waals surface area contributed by atoms with Crippen molar-refractivity contribution in [3.63, 3.8) is 0 Å². The molecule has 0 aliphatic carbocycles. The molecule has 0 bridgehead atoms. The summed E-state index contributed by atoms with van der Waals surface area (Å²) >= 11 is 0. The Morgan fingerprint density at radius 3 is 2.00 bits per heavy atom. The van der Waals surface area contributed by atoms with E-state index in [-0.39, 0.29) is 0 Å². The molecule has 0 amide bonds. The zero-order chi connectivity index (χ0) is 17.5. The van der Waals surface area contributed by atoms with Gasteiger partial charge in [0.2, 0.25) is 0 Å². The molecule has 0 aromatic carbocycles. The molecule has 0 radical (unpaired) electrons. The molecule has 0 spiro atoms. The third-order valence-electron chi connectivity index (χ3n) is 4.36. The first-order valence-corrected chi connectivity index (χ1v) is 9.34. The van der Waals surface area contributed by atoms with Crippen LogP contribution >= 0.6 is 0 Å². The van der Waals surface area contributed by atoms with Gasteiger partial charge in [-0.1, -0.05) is 13.0 Å². The van der Waals surface area contributed by atoms with Crippen LogP contribution in [-0.2, 0) is 9.47 Å². The van der Waals surface area contributed by atoms with Crippen LogP contribution in [0.2, 0.25) is 0 Å². The van der Waals surface area contributed by atoms with Gasteiger partial charge in [-0.2, -0.15) is 0 Å². The van der Waals surface area contributed by atoms with Crippen molar-refractivity contribution in [2.24, 2.45) is 5.92 Å². The molecular weight excluding hydrogens is 304 g/mol. The lowest BCUT2D eigenvalue weighted by Gasteiger charge is -2.34. The number of hydrogen-bond acceptors (Lipinski definition) is 6. The number of nitrogens with one attached hydrogen (secondary N) is 2. The first-order valence-electron chi connectivity index (χ1n) is 9.34. The van der Waals surface area contributed by atoms with E-state index in [2.05, 4.69) is 33.9 Å². The van der Waals surface area contributed by atoms with Crippen molar-refractivity contribution >= 4 is 0 Å². The lowest BCUT2D eigenvalue weighted by atomic mass is 10.2. The Kier molecular flexibility index (Phi) is 13.3. The molecule has 6 heteroatoms. The molecule has 1 aliphatic rings. The van der Waals surface area contributed by atoms with Gasteiger partial charge in [0.05, 0.1) is 26.4 Å². The van der Waals surface area contributed by atoms with E-state index in [0.29, 0.717) is 5.92 Å². The normalized spacial score (nSPS) is 17.9. The number of piperazine rings is 1. The smallest absolute Gasteiger partial charge is 0.0594 e. The molecule has 0 aromatic heterocycles. The predicted molar refractivity (Wildman–Crippen MR) is 101 cm³/mol. The maximum absolute atomic E-state index is 5.71. The van der Waals surface area contributed by atoms with Gasteiger partial charge in [0, 0.05) is 58.9 Å². The van der Waals surface area contributed by atoms with E-state index < -0.39 is 0 Å². The number of likely N-dealkylation sites (N-methyl/N-ethyl adjacent to an activating group) is 1. The molecule has 2 N–H and O–H groups in total. The van der Waals surface area contributed by atoms with E-state index in [0.717, 1.165) is 85.3 Å². The lowest BCUT2D eigenvalue weighted by molar-refractivity contribution is 0.0580. The van der Waals surface area contributed by atoms with E-state index in [4.69, 9.17) is 9.47 Å². The Hall–Kier alpha value is -0.500. The van der Waals surface area contributed by atoms with Crippen molar-refractivity contribution in [3.05, 3.63) is 12.7 Å². The molecule has 1 saturated heterocycles. The zero-order valence-electron chi connectivity index (χ0n) is 15.8. The van der Waals surface area contributed by atoms with Crippen molar-refractivity contribution in [3.8, 4) is 0 Å². The SMILES string of the molecule is C=CC(C)CNCCOCCN1CCN(CCOCCNC)CC1. The van der Waals surface area contributed by atoms with E-state index in [1.54, 1.807) is 0 Å². The Balaban J connectivity index is 1.88. The monoisotopic (exact) mass is 342 g/mol. The fourth-order valence-electron chi connectivity index (χ4n) is 2.56. The first-order chi connectivity index (χ1) is 11.8. The number of ether oxygens (including phenoxy) is 2. The van der Waals surface area contributed by atoms with Crippen LogP contribution in [0.15, 0.2) is 12.7 Å². The van der Waals surface area contributed by atoms with Crippen LogP contribution in [-0.4, -0.2) is 102 Å². The van der Waals surface area contributed by atoms with Gasteiger partial charge in [0.25, 0.3) is 0 Å². The third-order valence-corrected chi connectivity index (χ3v) is 4.36. The fourth-order valence-corrected chi connectivity index (χ4v) is 2.56. The third kappa shape index (κ3) is 11.1. The molecule has 1 unspecified atom stereocenters. The molecule has 142 valence electrons. The van der Waals surface area contributed by atoms with Gasteiger partial charge in [-0.15, -0.1) is 6.58 Å². The van der Waals surface area contributed by atoms with Gasteiger partial charge in [-0.25, -0.2) is 0 Å². The minimum Gasteiger partial charge on any atom is -0.379 e. The predicted octanol–water partition coefficient (Wildman–Crippen LogP) is 0.268. The summed E-state index contributed by atoms with van der Waals surface area (Å²) < 4.78 is 11.3. The van der Waals surface area contributed by atoms with E-state index in [1.807, 2.05) is 13.1 Å². The minimum absolute atomic E-state index is 0.523. The molecular formula is C18H38N4O2. The molecule has 1 rings (SSSR count). The molecule has 1 heterocycles. The van der Waals surface area contributed by atoms with Crippen molar-refractivity contribution in [2.75, 3.05) is 92.4 Å². The second-order valence-corrected chi connectivity index (χ2v) is 6.43. The number of rotatable bonds is 15. The lowest BCUT2D eigenvalue weighted by Crippen LogP contribution is -2.48. The van der Waals surface area contributed by atoms with Gasteiger partial charge in [0.15, 0.2) is 0 Å². The topological polar surface area (TPSA) is 49.0 Å². The van der Waals surface area contributed by atoms with E-state index in [9.17, 15) is 0 Å². The molecule has 24 heavy (non-hydrogen) atoms. The highest BCUT2D eigenvalue weighted by Crippen LogP contribution is 2.01. The van der Waals surface area contributed by atoms with Gasteiger partial charge in [-0.3, -0.25) is 9.80 Å². The maximum atomic E-state index is 5.71. The average molecular weight is 343 g/mol. The van der Waals surface area contributed by atoms with Crippen LogP contribution in [0, 0.1) is 5.92 Å². The van der Waals surface area contributed by atoms with Crippen molar-refractivity contribution in [2.45, 2.75) is 6.92 Å². The van der Waals surface area contributed by atoms with Crippen molar-refractivity contribution < 1.29 is 9.47 Å². The summed E-state index contributed by atoms with van der Waals surface area (Å²) in [6.45, 7) is 18.6. The summed E-state index contributed by atoms with van der Waals surface area (Å²) in [5.74, 6) is 0.523. The summed E-state index contributed by atoms with van der Waals surface area (Å²) in [7, 11) is 1.95. The molecule has 0 saturated carbocycles. The summed E-state index contributed by atoms with van der Waals surface area (Å²) in [6, 6.07) is 0. The van der Waals surface area contributed by atoms with Gasteiger partial charge in [0.1, 0.15) is 0 Å². The Labute approximate surface area is 148 Å². The average Bonchev–Trinajstić information content (AvgIpc) is 2.61. The van der Waals surface area contributed by atoms with E-state index >= 15 is 0 Å². The highest BCUT2D eigenvalue weighted by atomic mass is 16.5. The standard InChI is InChI=1S/C18H38N4O2/c1-4-18(2)17-20-6-14-24-16-12-22-9-7-21(8-10-22)11-15-23-13-5-19-3/h4,18-20H,1,5-17H2,2-3H3. The maximum Gasteiger partial charge on any atom is 0.0594 e. The summed E-state index contributed by atoms with van der Waals surface area (Å²) in [5.41, 5.74) is 0. The quantitative estimate of drug-likeness (QED) is 0.329. The Bertz CT molecular complexity index is 297. The van der Waals surface area contributed by atoms with Crippen LogP contribution < -0.4 is 10.6 Å². The number of hydrogen-bond donors (Lipinski definition) is 2. The highest BCUT2D eigenvalue weighted by molar-refractivity contribution is 4.76. The van der Waals surface area contributed by atoms with Crippen LogP contribution in [0.5, 0.6) is 0 Å². The summed E-state index contributed by atoms with van der Waals surface area (Å²) in [6.07, 6.45) is 1.97. The van der Waals surface area contributed by atoms with E-state index in [1.165, 1.54) is 0 Å². The summed E-state index contributed by atoms with van der Waals surface area (Å²) in [5, 5.41) is 6.47. The molecule has 1 atom stereocenters. The zero-order valence-corrected chi connectivity index (χ0v) is 15.8. The Morgan fingerprint density at radius 2 is 1.50 bits per heavy atom. The molecule has 1 fully saturated rings. The van der Waals surface area contributed by atoms with Crippen LogP contribution in [0.25, 0.3) is 0 Å². The second-order valence-electron chi connectivity index (χ2n) is 6.43. The molecule has 6 nitrogen and oxygen atoms in total.